The molecule has 2 rings (SSSR count). The van der Waals surface area contributed by atoms with Gasteiger partial charge in [-0.2, -0.15) is 5.26 Å². The normalized spacial score (nSPS) is 11.4. The third-order valence-corrected chi connectivity index (χ3v) is 5.49. The number of amides is 1. The molecule has 146 valence electrons. The molecule has 1 aromatic carbocycles. The lowest BCUT2D eigenvalue weighted by Crippen LogP contribution is -2.23. The highest BCUT2D eigenvalue weighted by Gasteiger charge is 2.21. The summed E-state index contributed by atoms with van der Waals surface area (Å²) in [5.41, 5.74) is 2.32. The SMILES string of the molecule is CCOC(=O)c1cc(C#N)c(S[C@@H](C)C(=O)Nc2cccc(Cl)c2C)nc1C. The number of nitrogens with zero attached hydrogens (tertiary/aromatic N) is 2. The quantitative estimate of drug-likeness (QED) is 0.548. The van der Waals surface area contributed by atoms with Gasteiger partial charge < -0.3 is 10.1 Å². The van der Waals surface area contributed by atoms with Gasteiger partial charge in [0.1, 0.15) is 11.1 Å². The number of rotatable bonds is 6. The van der Waals surface area contributed by atoms with Crippen LogP contribution in [0.2, 0.25) is 5.02 Å². The van der Waals surface area contributed by atoms with E-state index in [0.717, 1.165) is 17.3 Å². The number of carbonyl (C=O) groups is 2. The molecule has 2 aromatic rings. The minimum absolute atomic E-state index is 0.220. The van der Waals surface area contributed by atoms with Crippen molar-refractivity contribution in [3.8, 4) is 6.07 Å². The van der Waals surface area contributed by atoms with Crippen molar-refractivity contribution in [3.05, 3.63) is 51.7 Å². The van der Waals surface area contributed by atoms with Gasteiger partial charge in [0.05, 0.1) is 28.7 Å². The molecule has 1 aromatic heterocycles. The Bertz CT molecular complexity index is 956. The second-order valence-electron chi connectivity index (χ2n) is 5.97. The molecular formula is C20H20ClN3O3S. The number of thioether (sulfide) groups is 1. The Labute approximate surface area is 173 Å². The Morgan fingerprint density at radius 2 is 2.11 bits per heavy atom. The van der Waals surface area contributed by atoms with Gasteiger partial charge in [-0.3, -0.25) is 4.79 Å². The summed E-state index contributed by atoms with van der Waals surface area (Å²) in [5, 5.41) is 12.7. The van der Waals surface area contributed by atoms with Crippen molar-refractivity contribution in [2.24, 2.45) is 0 Å². The van der Waals surface area contributed by atoms with E-state index in [4.69, 9.17) is 16.3 Å². The number of aryl methyl sites for hydroxylation is 1. The van der Waals surface area contributed by atoms with Crippen LogP contribution in [0.1, 0.15) is 41.0 Å². The van der Waals surface area contributed by atoms with Crippen LogP contribution in [-0.4, -0.2) is 28.7 Å². The number of hydrogen-bond acceptors (Lipinski definition) is 6. The summed E-state index contributed by atoms with van der Waals surface area (Å²) in [6.07, 6.45) is 0. The fraction of sp³-hybridized carbons (Fsp3) is 0.300. The molecule has 0 spiro atoms. The summed E-state index contributed by atoms with van der Waals surface area (Å²) < 4.78 is 4.98. The van der Waals surface area contributed by atoms with E-state index in [1.165, 1.54) is 6.07 Å². The van der Waals surface area contributed by atoms with E-state index in [9.17, 15) is 14.9 Å². The van der Waals surface area contributed by atoms with Gasteiger partial charge in [0.15, 0.2) is 0 Å². The maximum Gasteiger partial charge on any atom is 0.340 e. The molecule has 6 nitrogen and oxygen atoms in total. The van der Waals surface area contributed by atoms with Crippen LogP contribution in [-0.2, 0) is 9.53 Å². The minimum Gasteiger partial charge on any atom is -0.462 e. The minimum atomic E-state index is -0.525. The molecule has 1 heterocycles. The highest BCUT2D eigenvalue weighted by Crippen LogP contribution is 2.29. The van der Waals surface area contributed by atoms with E-state index in [1.807, 2.05) is 13.0 Å². The van der Waals surface area contributed by atoms with Gasteiger partial charge in [0, 0.05) is 10.7 Å². The first-order chi connectivity index (χ1) is 13.3. The number of halogens is 1. The predicted molar refractivity (Wildman–Crippen MR) is 110 cm³/mol. The van der Waals surface area contributed by atoms with E-state index < -0.39 is 11.2 Å². The smallest absolute Gasteiger partial charge is 0.340 e. The molecule has 0 aliphatic carbocycles. The third-order valence-electron chi connectivity index (χ3n) is 3.98. The highest BCUT2D eigenvalue weighted by atomic mass is 35.5. The van der Waals surface area contributed by atoms with Gasteiger partial charge in [0.2, 0.25) is 5.91 Å². The second-order valence-corrected chi connectivity index (χ2v) is 7.70. The zero-order chi connectivity index (χ0) is 20.8. The summed E-state index contributed by atoms with van der Waals surface area (Å²) in [5.74, 6) is -0.768. The van der Waals surface area contributed by atoms with E-state index in [2.05, 4.69) is 10.3 Å². The first kappa shape index (κ1) is 21.7. The predicted octanol–water partition coefficient (Wildman–Crippen LogP) is 4.52. The number of esters is 1. The molecule has 0 fully saturated rings. The number of aromatic nitrogens is 1. The van der Waals surface area contributed by atoms with Crippen molar-refractivity contribution < 1.29 is 14.3 Å². The van der Waals surface area contributed by atoms with Gasteiger partial charge in [-0.25, -0.2) is 9.78 Å². The molecule has 0 saturated heterocycles. The largest absolute Gasteiger partial charge is 0.462 e. The standard InChI is InChI=1S/C20H20ClN3O3S/c1-5-27-20(26)15-9-14(10-22)19(23-12(15)3)28-13(4)18(25)24-17-8-6-7-16(21)11(17)2/h6-9,13H,5H2,1-4H3,(H,24,25)/t13-/m0/s1. The lowest BCUT2D eigenvalue weighted by molar-refractivity contribution is -0.115. The Morgan fingerprint density at radius 3 is 2.75 bits per heavy atom. The average Bonchev–Trinajstić information content (AvgIpc) is 2.65. The lowest BCUT2D eigenvalue weighted by Gasteiger charge is -2.15. The third kappa shape index (κ3) is 5.03. The first-order valence-corrected chi connectivity index (χ1v) is 9.85. The molecule has 0 radical (unpaired) electrons. The van der Waals surface area contributed by atoms with Gasteiger partial charge in [-0.05, 0) is 51.5 Å². The fourth-order valence-corrected chi connectivity index (χ4v) is 3.46. The molecule has 0 aliphatic heterocycles. The lowest BCUT2D eigenvalue weighted by atomic mass is 10.1. The molecular weight excluding hydrogens is 398 g/mol. The average molecular weight is 418 g/mol. The Kier molecular flexibility index (Phi) is 7.44. The molecule has 8 heteroatoms. The number of anilines is 1. The molecule has 1 amide bonds. The van der Waals surface area contributed by atoms with Gasteiger partial charge >= 0.3 is 5.97 Å². The molecule has 0 bridgehead atoms. The van der Waals surface area contributed by atoms with E-state index in [1.54, 1.807) is 39.0 Å². The molecule has 0 aliphatic rings. The van der Waals surface area contributed by atoms with Gasteiger partial charge in [-0.15, -0.1) is 0 Å². The molecule has 1 N–H and O–H groups in total. The van der Waals surface area contributed by atoms with E-state index in [-0.39, 0.29) is 23.6 Å². The fourth-order valence-electron chi connectivity index (χ4n) is 2.37. The van der Waals surface area contributed by atoms with Crippen molar-refractivity contribution in [3.63, 3.8) is 0 Å². The van der Waals surface area contributed by atoms with Crippen molar-refractivity contribution in [2.45, 2.75) is 38.0 Å². The van der Waals surface area contributed by atoms with Gasteiger partial charge in [0.25, 0.3) is 0 Å². The Morgan fingerprint density at radius 1 is 1.39 bits per heavy atom. The maximum atomic E-state index is 12.6. The zero-order valence-corrected chi connectivity index (χ0v) is 17.6. The summed E-state index contributed by atoms with van der Waals surface area (Å²) >= 11 is 7.24. The van der Waals surface area contributed by atoms with Crippen LogP contribution in [0, 0.1) is 25.2 Å². The van der Waals surface area contributed by atoms with Crippen molar-refractivity contribution >= 4 is 40.9 Å². The second kappa shape index (κ2) is 9.58. The van der Waals surface area contributed by atoms with Crippen molar-refractivity contribution in [2.75, 3.05) is 11.9 Å². The van der Waals surface area contributed by atoms with E-state index in [0.29, 0.717) is 21.4 Å². The van der Waals surface area contributed by atoms with Crippen LogP contribution in [0.5, 0.6) is 0 Å². The van der Waals surface area contributed by atoms with Gasteiger partial charge in [-0.1, -0.05) is 29.4 Å². The number of carbonyl (C=O) groups excluding carboxylic acids is 2. The van der Waals surface area contributed by atoms with E-state index >= 15 is 0 Å². The first-order valence-electron chi connectivity index (χ1n) is 8.60. The van der Waals surface area contributed by atoms with Crippen LogP contribution < -0.4 is 5.32 Å². The maximum absolute atomic E-state index is 12.6. The number of ether oxygens (including phenoxy) is 1. The number of nitriles is 1. The van der Waals surface area contributed by atoms with Crippen LogP contribution >= 0.6 is 23.4 Å². The summed E-state index contributed by atoms with van der Waals surface area (Å²) in [7, 11) is 0. The monoisotopic (exact) mass is 417 g/mol. The molecule has 28 heavy (non-hydrogen) atoms. The van der Waals surface area contributed by atoms with Crippen molar-refractivity contribution in [1.29, 1.82) is 5.26 Å². The van der Waals surface area contributed by atoms with Crippen LogP contribution in [0.4, 0.5) is 5.69 Å². The number of nitrogens with one attached hydrogen (secondary N) is 1. The number of hydrogen-bond donors (Lipinski definition) is 1. The summed E-state index contributed by atoms with van der Waals surface area (Å²) in [6.45, 7) is 7.15. The summed E-state index contributed by atoms with van der Waals surface area (Å²) in [6, 6.07) is 8.77. The topological polar surface area (TPSA) is 92.1 Å². The zero-order valence-electron chi connectivity index (χ0n) is 16.0. The summed E-state index contributed by atoms with van der Waals surface area (Å²) in [4.78, 5) is 28.9. The molecule has 1 atom stereocenters. The molecule has 0 unspecified atom stereocenters. The molecule has 0 saturated carbocycles. The number of benzene rings is 1. The van der Waals surface area contributed by atoms with Crippen LogP contribution in [0.15, 0.2) is 29.3 Å². The van der Waals surface area contributed by atoms with Crippen molar-refractivity contribution in [1.82, 2.24) is 4.98 Å². The Balaban J connectivity index is 2.21. The van der Waals surface area contributed by atoms with Crippen LogP contribution in [0.3, 0.4) is 0 Å². The Hall–Kier alpha value is -2.56. The number of pyridine rings is 1. The highest BCUT2D eigenvalue weighted by molar-refractivity contribution is 8.00. The van der Waals surface area contributed by atoms with Crippen LogP contribution in [0.25, 0.3) is 0 Å².